The van der Waals surface area contributed by atoms with Gasteiger partial charge in [0.05, 0.1) is 25.2 Å². The molecule has 1 aromatic carbocycles. The number of rotatable bonds is 8. The summed E-state index contributed by atoms with van der Waals surface area (Å²) in [5.41, 5.74) is 2.66. The van der Waals surface area contributed by atoms with Gasteiger partial charge < -0.3 is 14.3 Å². The van der Waals surface area contributed by atoms with Gasteiger partial charge in [0.1, 0.15) is 18.3 Å². The van der Waals surface area contributed by atoms with E-state index in [0.717, 1.165) is 11.1 Å². The fraction of sp³-hybridized carbons (Fsp3) is 0.280. The highest BCUT2D eigenvalue weighted by molar-refractivity contribution is 6.48. The number of nitrogens with zero attached hydrogens (tertiary/aromatic N) is 2. The molecule has 1 saturated heterocycles. The number of Topliss-reactive ketones (excluding diaryl/α,β-unsaturated/α-hetero) is 2. The van der Waals surface area contributed by atoms with Crippen LogP contribution < -0.4 is 9.64 Å². The van der Waals surface area contributed by atoms with Gasteiger partial charge in [0.2, 0.25) is 11.7 Å². The first-order valence-corrected chi connectivity index (χ1v) is 10.7. The van der Waals surface area contributed by atoms with E-state index in [4.69, 9.17) is 9.15 Å². The predicted molar refractivity (Wildman–Crippen MR) is 120 cm³/mol. The van der Waals surface area contributed by atoms with Gasteiger partial charge in [-0.05, 0) is 35.9 Å². The molecule has 1 amide bonds. The number of benzene rings is 1. The van der Waals surface area contributed by atoms with Crippen LogP contribution in [0.1, 0.15) is 25.5 Å². The molecule has 1 aliphatic rings. The summed E-state index contributed by atoms with van der Waals surface area (Å²) in [6.07, 6.45) is 4.69. The van der Waals surface area contributed by atoms with Crippen LogP contribution >= 0.6 is 0 Å². The minimum Gasteiger partial charge on any atom is -0.475 e. The van der Waals surface area contributed by atoms with Crippen LogP contribution in [0.5, 0.6) is 5.88 Å². The SMILES string of the molecule is CC(C)C(=O)C1C(=O)C(=O)N(c2ccc(-c3ccoc3)cc2)C1c1cccnc1OCCO. The molecular formula is C25H24N2O6. The molecule has 170 valence electrons. The summed E-state index contributed by atoms with van der Waals surface area (Å²) in [4.78, 5) is 44.9. The Labute approximate surface area is 190 Å². The third-order valence-corrected chi connectivity index (χ3v) is 5.63. The van der Waals surface area contributed by atoms with E-state index in [-0.39, 0.29) is 24.9 Å². The van der Waals surface area contributed by atoms with Crippen molar-refractivity contribution in [2.75, 3.05) is 18.1 Å². The molecule has 1 aliphatic heterocycles. The second kappa shape index (κ2) is 9.38. The predicted octanol–water partition coefficient (Wildman–Crippen LogP) is 3.21. The Morgan fingerprint density at radius 3 is 2.55 bits per heavy atom. The van der Waals surface area contributed by atoms with E-state index in [0.29, 0.717) is 11.3 Å². The number of amides is 1. The van der Waals surface area contributed by atoms with Crippen LogP contribution in [0.4, 0.5) is 5.69 Å². The topological polar surface area (TPSA) is 110 Å². The Kier molecular flexibility index (Phi) is 6.37. The molecule has 0 saturated carbocycles. The lowest BCUT2D eigenvalue weighted by molar-refractivity contribution is -0.139. The summed E-state index contributed by atoms with van der Waals surface area (Å²) in [7, 11) is 0. The van der Waals surface area contributed by atoms with Crippen LogP contribution in [-0.4, -0.2) is 40.8 Å². The highest BCUT2D eigenvalue weighted by Gasteiger charge is 2.53. The number of anilines is 1. The first-order valence-electron chi connectivity index (χ1n) is 10.7. The summed E-state index contributed by atoms with van der Waals surface area (Å²) in [6.45, 7) is 3.16. The lowest BCUT2D eigenvalue weighted by Gasteiger charge is -2.28. The zero-order valence-electron chi connectivity index (χ0n) is 18.3. The highest BCUT2D eigenvalue weighted by Crippen LogP contribution is 2.43. The van der Waals surface area contributed by atoms with Crippen molar-refractivity contribution in [1.29, 1.82) is 0 Å². The molecule has 2 aromatic heterocycles. The normalized spacial score (nSPS) is 18.2. The maximum Gasteiger partial charge on any atom is 0.295 e. The number of aliphatic hydroxyl groups is 1. The van der Waals surface area contributed by atoms with Crippen molar-refractivity contribution in [3.63, 3.8) is 0 Å². The van der Waals surface area contributed by atoms with Crippen molar-refractivity contribution in [2.24, 2.45) is 11.8 Å². The molecule has 8 nitrogen and oxygen atoms in total. The molecular weight excluding hydrogens is 424 g/mol. The Bertz CT molecular complexity index is 1150. The van der Waals surface area contributed by atoms with E-state index < -0.39 is 29.6 Å². The quantitative estimate of drug-likeness (QED) is 0.416. The summed E-state index contributed by atoms with van der Waals surface area (Å²) in [5.74, 6) is -3.31. The van der Waals surface area contributed by atoms with Gasteiger partial charge >= 0.3 is 0 Å². The van der Waals surface area contributed by atoms with Crippen molar-refractivity contribution in [3.05, 3.63) is 66.8 Å². The molecule has 33 heavy (non-hydrogen) atoms. The number of ketones is 2. The summed E-state index contributed by atoms with van der Waals surface area (Å²) < 4.78 is 10.7. The second-order valence-electron chi connectivity index (χ2n) is 8.05. The number of carbonyl (C=O) groups excluding carboxylic acids is 3. The number of carbonyl (C=O) groups is 3. The third-order valence-electron chi connectivity index (χ3n) is 5.63. The van der Waals surface area contributed by atoms with E-state index in [1.165, 1.54) is 11.1 Å². The zero-order valence-corrected chi connectivity index (χ0v) is 18.3. The van der Waals surface area contributed by atoms with E-state index in [9.17, 15) is 19.5 Å². The van der Waals surface area contributed by atoms with Crippen LogP contribution in [0.2, 0.25) is 0 Å². The minimum atomic E-state index is -1.19. The Morgan fingerprint density at radius 2 is 1.91 bits per heavy atom. The van der Waals surface area contributed by atoms with E-state index >= 15 is 0 Å². The molecule has 2 atom stereocenters. The molecule has 1 N–H and O–H groups in total. The smallest absolute Gasteiger partial charge is 0.295 e. The molecule has 0 spiro atoms. The van der Waals surface area contributed by atoms with Gasteiger partial charge in [0.15, 0.2) is 0 Å². The standard InChI is InChI=1S/C25H24N2O6/c1-15(2)22(29)20-21(19-4-3-10-26-24(19)33-13-11-28)27(25(31)23(20)30)18-7-5-16(6-8-18)17-9-12-32-14-17/h3-10,12,14-15,20-21,28H,11,13H2,1-2H3. The van der Waals surface area contributed by atoms with Crippen molar-refractivity contribution >= 4 is 23.2 Å². The van der Waals surface area contributed by atoms with E-state index in [1.807, 2.05) is 18.2 Å². The average Bonchev–Trinajstić information content (AvgIpc) is 3.45. The Hall–Kier alpha value is -3.78. The monoisotopic (exact) mass is 448 g/mol. The van der Waals surface area contributed by atoms with Gasteiger partial charge in [0, 0.05) is 28.9 Å². The first kappa shape index (κ1) is 22.4. The summed E-state index contributed by atoms with van der Waals surface area (Å²) in [5, 5.41) is 9.18. The summed E-state index contributed by atoms with van der Waals surface area (Å²) >= 11 is 0. The van der Waals surface area contributed by atoms with Gasteiger partial charge in [-0.25, -0.2) is 4.98 Å². The van der Waals surface area contributed by atoms with E-state index in [2.05, 4.69) is 4.98 Å². The van der Waals surface area contributed by atoms with Crippen molar-refractivity contribution < 1.29 is 28.6 Å². The number of hydrogen-bond acceptors (Lipinski definition) is 7. The van der Waals surface area contributed by atoms with E-state index in [1.54, 1.807) is 50.6 Å². The number of pyridine rings is 1. The number of aromatic nitrogens is 1. The van der Waals surface area contributed by atoms with Crippen LogP contribution in [0.15, 0.2) is 65.6 Å². The Morgan fingerprint density at radius 1 is 1.15 bits per heavy atom. The molecule has 0 radical (unpaired) electrons. The van der Waals surface area contributed by atoms with Crippen molar-refractivity contribution in [1.82, 2.24) is 4.98 Å². The van der Waals surface area contributed by atoms with Crippen molar-refractivity contribution in [3.8, 4) is 17.0 Å². The molecule has 2 unspecified atom stereocenters. The van der Waals surface area contributed by atoms with Gasteiger partial charge in [-0.2, -0.15) is 0 Å². The number of ether oxygens (including phenoxy) is 1. The van der Waals surface area contributed by atoms with Gasteiger partial charge in [-0.15, -0.1) is 0 Å². The van der Waals surface area contributed by atoms with Gasteiger partial charge in [-0.3, -0.25) is 19.3 Å². The van der Waals surface area contributed by atoms with Crippen LogP contribution in [-0.2, 0) is 14.4 Å². The molecule has 3 heterocycles. The second-order valence-corrected chi connectivity index (χ2v) is 8.05. The molecule has 0 aliphatic carbocycles. The van der Waals surface area contributed by atoms with Gasteiger partial charge in [-0.1, -0.05) is 26.0 Å². The van der Waals surface area contributed by atoms with Gasteiger partial charge in [0.25, 0.3) is 5.91 Å². The highest BCUT2D eigenvalue weighted by atomic mass is 16.5. The molecule has 8 heteroatoms. The number of hydrogen-bond donors (Lipinski definition) is 1. The van der Waals surface area contributed by atoms with Crippen LogP contribution in [0.3, 0.4) is 0 Å². The van der Waals surface area contributed by atoms with Crippen molar-refractivity contribution in [2.45, 2.75) is 19.9 Å². The molecule has 3 aromatic rings. The third kappa shape index (κ3) is 4.17. The minimum absolute atomic E-state index is 0.0131. The largest absolute Gasteiger partial charge is 0.475 e. The fourth-order valence-electron chi connectivity index (χ4n) is 4.05. The molecule has 0 bridgehead atoms. The number of furan rings is 1. The lowest BCUT2D eigenvalue weighted by Crippen LogP contribution is -2.32. The van der Waals surface area contributed by atoms with Crippen LogP contribution in [0, 0.1) is 11.8 Å². The average molecular weight is 448 g/mol. The summed E-state index contributed by atoms with van der Waals surface area (Å²) in [6, 6.07) is 11.3. The fourth-order valence-corrected chi connectivity index (χ4v) is 4.05. The maximum atomic E-state index is 13.2. The first-order chi connectivity index (χ1) is 15.9. The molecule has 1 fully saturated rings. The number of aliphatic hydroxyl groups excluding tert-OH is 1. The zero-order chi connectivity index (χ0) is 23.5. The Balaban J connectivity index is 1.82. The molecule has 4 rings (SSSR count). The van der Waals surface area contributed by atoms with Crippen LogP contribution in [0.25, 0.3) is 11.1 Å². The lowest BCUT2D eigenvalue weighted by atomic mass is 9.85. The maximum absolute atomic E-state index is 13.2.